The lowest BCUT2D eigenvalue weighted by atomic mass is 9.98. The van der Waals surface area contributed by atoms with E-state index in [4.69, 9.17) is 82.3 Å². The molecule has 6 aliphatic rings. The molecule has 0 saturated carbocycles. The highest BCUT2D eigenvalue weighted by atomic mass is 16.7. The number of hydrogen-bond acceptors (Lipinski definition) is 34. The van der Waals surface area contributed by atoms with E-state index in [1.165, 1.54) is 83.0 Å². The summed E-state index contributed by atoms with van der Waals surface area (Å²) in [7, 11) is 7.29. The van der Waals surface area contributed by atoms with Crippen LogP contribution in [-0.2, 0) is 95.0 Å². The molecule has 14 rings (SSSR count). The monoisotopic (exact) mass is 2010 g/mol. The smallest absolute Gasteiger partial charge is 0.407 e. The number of aromatic nitrogens is 8. The van der Waals surface area contributed by atoms with Crippen LogP contribution in [0, 0.1) is 0 Å². The van der Waals surface area contributed by atoms with Crippen LogP contribution in [0.5, 0.6) is 0 Å². The van der Waals surface area contributed by atoms with Gasteiger partial charge in [-0.05, 0) is 69.3 Å². The number of methoxy groups -OCH3 is 3. The Labute approximate surface area is 822 Å². The number of carbonyl (C=O) groups excluding carboxylic acids is 7. The molecule has 8 aromatic rings. The molecule has 4 aromatic heterocycles. The Balaban J connectivity index is 0.000000204. The predicted octanol–water partition coefficient (Wildman–Crippen LogP) is 1.88. The second kappa shape index (κ2) is 56.3. The minimum atomic E-state index is -1.12. The Kier molecular flexibility index (Phi) is 43.9. The summed E-state index contributed by atoms with van der Waals surface area (Å²) in [5, 5.41) is 37.2. The third kappa shape index (κ3) is 30.2. The number of H-pyrrole nitrogens is 4. The number of amides is 5. The minimum Gasteiger partial charge on any atom is -0.457 e. The van der Waals surface area contributed by atoms with Crippen LogP contribution in [-0.4, -0.2) is 291 Å². The highest BCUT2D eigenvalue weighted by Crippen LogP contribution is 2.47. The fourth-order valence-electron chi connectivity index (χ4n) is 17.0. The first kappa shape index (κ1) is 112. The van der Waals surface area contributed by atoms with Crippen LogP contribution in [0.2, 0.25) is 0 Å². The van der Waals surface area contributed by atoms with Gasteiger partial charge < -0.3 is 114 Å². The summed E-state index contributed by atoms with van der Waals surface area (Å²) < 4.78 is 89.2. The normalized spacial score (nSPS) is 21.8. The number of nitrogens with one attached hydrogen (secondary N) is 9. The molecule has 16 atom stereocenters. The number of nitrogens with two attached hydrogens (primary N) is 1. The van der Waals surface area contributed by atoms with Gasteiger partial charge in [0.15, 0.2) is 37.1 Å². The molecular formula is C95H123N17O32. The average Bonchev–Trinajstić information content (AvgIpc) is 1.61. The van der Waals surface area contributed by atoms with Gasteiger partial charge in [-0.1, -0.05) is 123 Å². The zero-order valence-electron chi connectivity index (χ0n) is 79.4. The number of benzene rings is 4. The van der Waals surface area contributed by atoms with Crippen molar-refractivity contribution in [3.63, 3.8) is 0 Å². The standard InChI is InChI=1S/C32H36N4O10.C32H36N4O9.C18H28N6O7.C12H19N3O6.CH4/c1-33-25(37)11-12-27(39)46-28-24(18-42-2)45-30(36-15-13-26(38)35-31(36)40)29(28)43-16-14-34-32(41)44-17-23-21-9-5-3-7-19(21)20-8-4-6-10-22(20)23;1-3-24-28(45-27(39)13-12-25(37)33-2)29(30(44-24)36-16-14-26(38)35-31(36)40)42-17-15-34-32(41)43-18-23-21-10-6-4-8-19(21)20-9-5-7-11-22(20)23;1-29-11-12-15(27)16(17(31-12)24-9-6-14(26)22-18(24)28)30-10-8-20-13(25)5-3-2-4-7-21-23-19;1-19-6-7-9(17)10(20-5-3-13)11(21-7)15-4-2-8(16)14-12(15)18;/h3-10,13,15,23-24,28-30H,11-12,14,16-18H2,1-2H3,(H,33,37)(H,34,41)(H,35,38,40);4-11,14,16,23-24,28-30H,3,12-13,15,17-18H2,1-2H3,(H,33,37)(H,34,41)(H,35,38,40);6,9,12,15-17,27H,2-5,7-8,10-11H2,1H3,(H,20,25)(H,22,26,28);2,4,7,9-11,17H,3,5-6,13H2,1H3,(H,14,16,18);1H4/t2*24-,28?,29+,30-;12-,15?,16+,17-;7-,9?,10+,11-;/m1111./s1. The summed E-state index contributed by atoms with van der Waals surface area (Å²) in [4.78, 5) is 192. The summed E-state index contributed by atoms with van der Waals surface area (Å²) in [6.07, 6.45) is -8.27. The second-order valence-corrected chi connectivity index (χ2v) is 33.1. The number of hydrogen-bond donors (Lipinski definition) is 12. The molecule has 4 aromatic carbocycles. The number of aliphatic hydroxyl groups is 2. The van der Waals surface area contributed by atoms with Gasteiger partial charge >= 0.3 is 46.9 Å². The molecule has 4 saturated heterocycles. The zero-order chi connectivity index (χ0) is 103. The first-order chi connectivity index (χ1) is 69.2. The Morgan fingerprint density at radius 3 is 1.10 bits per heavy atom. The van der Waals surface area contributed by atoms with Crippen LogP contribution < -0.4 is 77.3 Å². The molecule has 780 valence electrons. The quantitative estimate of drug-likeness (QED) is 0.00648. The van der Waals surface area contributed by atoms with Crippen molar-refractivity contribution in [1.82, 2.24) is 64.8 Å². The van der Waals surface area contributed by atoms with Gasteiger partial charge in [0.05, 0.1) is 65.2 Å². The molecule has 5 amide bonds. The van der Waals surface area contributed by atoms with E-state index in [9.17, 15) is 82.1 Å². The van der Waals surface area contributed by atoms with E-state index in [0.717, 1.165) is 77.1 Å². The third-order valence-corrected chi connectivity index (χ3v) is 23.7. The lowest BCUT2D eigenvalue weighted by molar-refractivity contribution is -0.160. The maximum atomic E-state index is 12.7. The van der Waals surface area contributed by atoms with E-state index in [2.05, 4.69) is 80.8 Å². The van der Waals surface area contributed by atoms with Crippen molar-refractivity contribution in [2.24, 2.45) is 10.8 Å². The molecule has 4 aliphatic heterocycles. The molecule has 0 radical (unpaired) electrons. The van der Waals surface area contributed by atoms with Gasteiger partial charge in [0.1, 0.15) is 68.1 Å². The molecule has 8 heterocycles. The van der Waals surface area contributed by atoms with E-state index >= 15 is 0 Å². The summed E-state index contributed by atoms with van der Waals surface area (Å²) in [5.74, 6) is -2.29. The number of aliphatic hydroxyl groups excluding tert-OH is 2. The van der Waals surface area contributed by atoms with Gasteiger partial charge in [0.2, 0.25) is 17.7 Å². The molecule has 0 spiro atoms. The van der Waals surface area contributed by atoms with Gasteiger partial charge in [0.25, 0.3) is 22.2 Å². The largest absolute Gasteiger partial charge is 0.457 e. The van der Waals surface area contributed by atoms with Crippen molar-refractivity contribution >= 4 is 41.8 Å². The van der Waals surface area contributed by atoms with E-state index in [0.29, 0.717) is 25.8 Å². The van der Waals surface area contributed by atoms with Crippen LogP contribution in [0.15, 0.2) is 190 Å². The van der Waals surface area contributed by atoms with Crippen LogP contribution in [0.25, 0.3) is 32.7 Å². The number of ether oxygens (including phenoxy) is 15. The minimum absolute atomic E-state index is 0. The number of rotatable bonds is 44. The first-order valence-corrected chi connectivity index (χ1v) is 46.3. The van der Waals surface area contributed by atoms with E-state index in [1.807, 2.05) is 79.7 Å². The molecule has 49 heteroatoms. The van der Waals surface area contributed by atoms with Gasteiger partial charge in [-0.25, -0.2) is 28.8 Å². The molecule has 2 aliphatic carbocycles. The second-order valence-electron chi connectivity index (χ2n) is 33.1. The molecule has 49 nitrogen and oxygen atoms in total. The zero-order valence-corrected chi connectivity index (χ0v) is 79.4. The van der Waals surface area contributed by atoms with Gasteiger partial charge in [0, 0.05) is 153 Å². The number of esters is 2. The average molecular weight is 2020 g/mol. The highest BCUT2D eigenvalue weighted by Gasteiger charge is 2.52. The molecule has 0 bridgehead atoms. The summed E-state index contributed by atoms with van der Waals surface area (Å²) >= 11 is 0. The fourth-order valence-corrected chi connectivity index (χ4v) is 17.0. The summed E-state index contributed by atoms with van der Waals surface area (Å²) in [5.41, 5.74) is 17.4. The van der Waals surface area contributed by atoms with Crippen molar-refractivity contribution in [2.75, 3.05) is 128 Å². The number of carbonyl (C=O) groups is 7. The number of alkyl carbamates (subject to hydrolysis) is 2. The van der Waals surface area contributed by atoms with Crippen molar-refractivity contribution in [3.05, 3.63) is 262 Å². The van der Waals surface area contributed by atoms with Crippen LogP contribution >= 0.6 is 0 Å². The number of nitrogens with zero attached hydrogens (tertiary/aromatic N) is 7. The van der Waals surface area contributed by atoms with Crippen molar-refractivity contribution in [3.8, 4) is 22.3 Å². The van der Waals surface area contributed by atoms with Gasteiger partial charge in [-0.3, -0.25) is 81.4 Å². The van der Waals surface area contributed by atoms with Crippen molar-refractivity contribution in [2.45, 2.75) is 182 Å². The van der Waals surface area contributed by atoms with Gasteiger partial charge in [-0.2, -0.15) is 0 Å². The fraction of sp³-hybridized carbons (Fsp3) is 0.505. The summed E-state index contributed by atoms with van der Waals surface area (Å²) in [6.45, 7) is 3.50. The maximum absolute atomic E-state index is 12.7. The lowest BCUT2D eigenvalue weighted by Gasteiger charge is -2.25. The van der Waals surface area contributed by atoms with Gasteiger partial charge in [-0.15, -0.1) is 0 Å². The summed E-state index contributed by atoms with van der Waals surface area (Å²) in [6, 6.07) is 36.8. The molecule has 144 heavy (non-hydrogen) atoms. The van der Waals surface area contributed by atoms with Crippen molar-refractivity contribution in [1.29, 1.82) is 0 Å². The molecular weight excluding hydrogens is 1890 g/mol. The van der Waals surface area contributed by atoms with E-state index in [-0.39, 0.29) is 148 Å². The maximum Gasteiger partial charge on any atom is 0.407 e. The van der Waals surface area contributed by atoms with Crippen LogP contribution in [0.4, 0.5) is 9.59 Å². The van der Waals surface area contributed by atoms with Crippen LogP contribution in [0.1, 0.15) is 131 Å². The Bertz CT molecular complexity index is 6070. The van der Waals surface area contributed by atoms with Crippen LogP contribution in [0.3, 0.4) is 0 Å². The number of aromatic amines is 4. The first-order valence-electron chi connectivity index (χ1n) is 46.3. The number of fused-ring (bicyclic) bond motifs is 6. The molecule has 4 unspecified atom stereocenters. The SMILES string of the molecule is C.CC[C@H]1O[C@@H](n2ccc(=O)[nH]c2=O)[C@@H](OCCNC(=O)OCC2c3ccccc3-c3ccccc32)C1OC(=O)CCC(=O)NC.CNC(=O)CCC(=O)OC1[C@@H](COC)O[C@@H](n2ccc(=O)[nH]c2=O)[C@H]1OCCNC(=O)OCC1c2ccccc2-c2ccccc21.COC[C@H]1O[C@@H](n2ccc(=O)[nH]c2=O)[C@@H](OCCN)C1O.COC[C@H]1O[C@@H](n2ccc(=O)[nH]c2=O)[C@@H](OCCNC(=O)CCCCCN=[N+]=[N-])C1O. The van der Waals surface area contributed by atoms with E-state index in [1.54, 1.807) is 0 Å². The third-order valence-electron chi connectivity index (χ3n) is 23.7. The Morgan fingerprint density at radius 1 is 0.417 bits per heavy atom. The lowest BCUT2D eigenvalue weighted by Crippen LogP contribution is -2.43. The highest BCUT2D eigenvalue weighted by molar-refractivity contribution is 5.83. The van der Waals surface area contributed by atoms with Crippen molar-refractivity contribution < 1.29 is 115 Å². The predicted molar refractivity (Wildman–Crippen MR) is 512 cm³/mol. The Hall–Kier alpha value is -13.8. The Morgan fingerprint density at radius 2 is 0.750 bits per heavy atom. The number of unbranched alkanes of at least 4 members (excludes halogenated alkanes) is 2. The topological polar surface area (TPSA) is 653 Å². The van der Waals surface area contributed by atoms with E-state index < -0.39 is 167 Å². The molecule has 4 fully saturated rings. The molecule has 13 N–H and O–H groups in total. The number of azide groups is 1.